The first-order chi connectivity index (χ1) is 9.15. The van der Waals surface area contributed by atoms with Gasteiger partial charge in [0, 0.05) is 31.7 Å². The molecule has 1 saturated heterocycles. The number of amides is 3. The number of rotatable bonds is 4. The van der Waals surface area contributed by atoms with E-state index in [1.807, 2.05) is 6.92 Å². The highest BCUT2D eigenvalue weighted by molar-refractivity contribution is 5.89. The fourth-order valence-corrected chi connectivity index (χ4v) is 2.10. The molecule has 0 bridgehead atoms. The Labute approximate surface area is 112 Å². The number of pyridine rings is 1. The van der Waals surface area contributed by atoms with Crippen molar-refractivity contribution < 1.29 is 9.59 Å². The molecule has 6 heteroatoms. The number of hydrogen-bond donors (Lipinski definition) is 2. The van der Waals surface area contributed by atoms with Crippen LogP contribution in [-0.2, 0) is 4.79 Å². The molecule has 1 aliphatic rings. The van der Waals surface area contributed by atoms with E-state index in [1.165, 1.54) is 0 Å². The Morgan fingerprint density at radius 3 is 3.05 bits per heavy atom. The van der Waals surface area contributed by atoms with Gasteiger partial charge in [-0.2, -0.15) is 0 Å². The number of aromatic nitrogens is 1. The van der Waals surface area contributed by atoms with Gasteiger partial charge in [0.2, 0.25) is 5.91 Å². The molecule has 19 heavy (non-hydrogen) atoms. The van der Waals surface area contributed by atoms with Crippen LogP contribution < -0.4 is 10.6 Å². The maximum absolute atomic E-state index is 11.7. The average Bonchev–Trinajstić information content (AvgIpc) is 2.76. The number of carbonyl (C=O) groups excluding carboxylic acids is 2. The highest BCUT2D eigenvalue weighted by atomic mass is 16.2. The summed E-state index contributed by atoms with van der Waals surface area (Å²) in [5, 5.41) is 5.50. The molecule has 1 aromatic heterocycles. The molecule has 0 saturated carbocycles. The predicted octanol–water partition coefficient (Wildman–Crippen LogP) is 1.21. The van der Waals surface area contributed by atoms with Gasteiger partial charge in [-0.15, -0.1) is 0 Å². The number of anilines is 1. The summed E-state index contributed by atoms with van der Waals surface area (Å²) < 4.78 is 0. The zero-order valence-electron chi connectivity index (χ0n) is 10.9. The third-order valence-electron chi connectivity index (χ3n) is 2.96. The van der Waals surface area contributed by atoms with E-state index >= 15 is 0 Å². The topological polar surface area (TPSA) is 74.3 Å². The molecule has 0 radical (unpaired) electrons. The fourth-order valence-electron chi connectivity index (χ4n) is 2.10. The maximum Gasteiger partial charge on any atom is 0.319 e. The van der Waals surface area contributed by atoms with Gasteiger partial charge in [-0.25, -0.2) is 4.79 Å². The molecule has 1 fully saturated rings. The van der Waals surface area contributed by atoms with Crippen molar-refractivity contribution in [2.75, 3.05) is 18.4 Å². The van der Waals surface area contributed by atoms with Crippen LogP contribution in [0.5, 0.6) is 0 Å². The smallest absolute Gasteiger partial charge is 0.319 e. The summed E-state index contributed by atoms with van der Waals surface area (Å²) in [4.78, 5) is 28.9. The van der Waals surface area contributed by atoms with Gasteiger partial charge in [0.05, 0.1) is 11.9 Å². The molecule has 3 amide bonds. The third kappa shape index (κ3) is 3.94. The number of likely N-dealkylation sites (tertiary alicyclic amines) is 1. The van der Waals surface area contributed by atoms with Gasteiger partial charge in [-0.1, -0.05) is 0 Å². The number of urea groups is 1. The van der Waals surface area contributed by atoms with Crippen molar-refractivity contribution in [3.05, 3.63) is 24.5 Å². The van der Waals surface area contributed by atoms with Gasteiger partial charge in [-0.3, -0.25) is 9.78 Å². The van der Waals surface area contributed by atoms with Crippen LogP contribution in [0.3, 0.4) is 0 Å². The summed E-state index contributed by atoms with van der Waals surface area (Å²) in [5.74, 6) is 0.168. The largest absolute Gasteiger partial charge is 0.341 e. The molecule has 0 aliphatic carbocycles. The van der Waals surface area contributed by atoms with Crippen LogP contribution in [0, 0.1) is 0 Å². The zero-order chi connectivity index (χ0) is 13.7. The molecule has 6 nitrogen and oxygen atoms in total. The second-order valence-corrected chi connectivity index (χ2v) is 4.68. The van der Waals surface area contributed by atoms with Gasteiger partial charge in [0.1, 0.15) is 0 Å². The summed E-state index contributed by atoms with van der Waals surface area (Å²) in [6.45, 7) is 3.22. The van der Waals surface area contributed by atoms with Crippen LogP contribution in [0.1, 0.15) is 19.8 Å². The van der Waals surface area contributed by atoms with Gasteiger partial charge in [-0.05, 0) is 25.5 Å². The van der Waals surface area contributed by atoms with E-state index in [2.05, 4.69) is 15.6 Å². The van der Waals surface area contributed by atoms with Crippen molar-refractivity contribution in [1.82, 2.24) is 15.2 Å². The van der Waals surface area contributed by atoms with Gasteiger partial charge < -0.3 is 15.5 Å². The number of hydrogen-bond acceptors (Lipinski definition) is 3. The molecule has 1 aliphatic heterocycles. The van der Waals surface area contributed by atoms with E-state index in [4.69, 9.17) is 0 Å². The van der Waals surface area contributed by atoms with Crippen LogP contribution in [0.4, 0.5) is 10.5 Å². The first-order valence-corrected chi connectivity index (χ1v) is 6.40. The fraction of sp³-hybridized carbons (Fsp3) is 0.462. The Morgan fingerprint density at radius 1 is 1.58 bits per heavy atom. The number of nitrogens with one attached hydrogen (secondary N) is 2. The molecule has 0 unspecified atom stereocenters. The lowest BCUT2D eigenvalue weighted by Gasteiger charge is -2.21. The van der Waals surface area contributed by atoms with E-state index in [0.29, 0.717) is 18.7 Å². The van der Waals surface area contributed by atoms with Crippen molar-refractivity contribution in [2.45, 2.75) is 25.8 Å². The Morgan fingerprint density at radius 2 is 2.42 bits per heavy atom. The van der Waals surface area contributed by atoms with E-state index in [1.54, 1.807) is 29.4 Å². The number of nitrogens with zero attached hydrogens (tertiary/aromatic N) is 2. The minimum atomic E-state index is -0.285. The first kappa shape index (κ1) is 13.3. The molecule has 102 valence electrons. The molecular formula is C13H18N4O2. The maximum atomic E-state index is 11.7. The molecule has 2 N–H and O–H groups in total. The van der Waals surface area contributed by atoms with E-state index in [-0.39, 0.29) is 18.0 Å². The summed E-state index contributed by atoms with van der Waals surface area (Å²) in [5.41, 5.74) is 0.643. The van der Waals surface area contributed by atoms with Gasteiger partial charge in [0.15, 0.2) is 0 Å². The highest BCUT2D eigenvalue weighted by Gasteiger charge is 2.22. The Balaban J connectivity index is 1.77. The highest BCUT2D eigenvalue weighted by Crippen LogP contribution is 2.09. The lowest BCUT2D eigenvalue weighted by molar-refractivity contribution is -0.127. The summed E-state index contributed by atoms with van der Waals surface area (Å²) in [6.07, 6.45) is 4.75. The first-order valence-electron chi connectivity index (χ1n) is 6.40. The summed E-state index contributed by atoms with van der Waals surface area (Å²) >= 11 is 0. The molecule has 0 aromatic carbocycles. The molecule has 2 rings (SSSR count). The van der Waals surface area contributed by atoms with Crippen molar-refractivity contribution >= 4 is 17.6 Å². The molecule has 0 spiro atoms. The van der Waals surface area contributed by atoms with Crippen LogP contribution in [0.15, 0.2) is 24.5 Å². The molecule has 1 atom stereocenters. The standard InChI is InChI=1S/C13H18N4O2/c1-10(9-17-7-3-5-12(17)18)15-13(19)16-11-4-2-6-14-8-11/h2,4,6,8,10H,3,5,7,9H2,1H3,(H2,15,16,19)/t10-/m0/s1. The summed E-state index contributed by atoms with van der Waals surface area (Å²) in [7, 11) is 0. The van der Waals surface area contributed by atoms with Crippen molar-refractivity contribution in [2.24, 2.45) is 0 Å². The second kappa shape index (κ2) is 6.17. The minimum absolute atomic E-state index is 0.0845. The second-order valence-electron chi connectivity index (χ2n) is 4.68. The lowest BCUT2D eigenvalue weighted by atomic mass is 10.3. The Kier molecular flexibility index (Phi) is 4.33. The number of carbonyl (C=O) groups is 2. The Hall–Kier alpha value is -2.11. The van der Waals surface area contributed by atoms with E-state index in [9.17, 15) is 9.59 Å². The summed E-state index contributed by atoms with van der Waals surface area (Å²) in [6, 6.07) is 3.15. The third-order valence-corrected chi connectivity index (χ3v) is 2.96. The normalized spacial score (nSPS) is 16.3. The van der Waals surface area contributed by atoms with Crippen LogP contribution in [0.25, 0.3) is 0 Å². The quantitative estimate of drug-likeness (QED) is 0.856. The van der Waals surface area contributed by atoms with Crippen molar-refractivity contribution in [1.29, 1.82) is 0 Å². The van der Waals surface area contributed by atoms with Crippen LogP contribution in [0.2, 0.25) is 0 Å². The van der Waals surface area contributed by atoms with Gasteiger partial charge >= 0.3 is 6.03 Å². The molecule has 1 aromatic rings. The molecular weight excluding hydrogens is 244 g/mol. The minimum Gasteiger partial charge on any atom is -0.341 e. The van der Waals surface area contributed by atoms with Crippen molar-refractivity contribution in [3.63, 3.8) is 0 Å². The monoisotopic (exact) mass is 262 g/mol. The van der Waals surface area contributed by atoms with E-state index in [0.717, 1.165) is 13.0 Å². The Bertz CT molecular complexity index is 449. The predicted molar refractivity (Wildman–Crippen MR) is 71.7 cm³/mol. The lowest BCUT2D eigenvalue weighted by Crippen LogP contribution is -2.44. The van der Waals surface area contributed by atoms with Crippen LogP contribution in [-0.4, -0.2) is 41.0 Å². The van der Waals surface area contributed by atoms with Crippen molar-refractivity contribution in [3.8, 4) is 0 Å². The zero-order valence-corrected chi connectivity index (χ0v) is 10.9. The average molecular weight is 262 g/mol. The SMILES string of the molecule is C[C@@H](CN1CCCC1=O)NC(=O)Nc1cccnc1. The van der Waals surface area contributed by atoms with Gasteiger partial charge in [0.25, 0.3) is 0 Å². The van der Waals surface area contributed by atoms with Crippen LogP contribution >= 0.6 is 0 Å². The molecule has 2 heterocycles. The van der Waals surface area contributed by atoms with E-state index < -0.39 is 0 Å².